The molecule has 5 heteroatoms. The maximum atomic E-state index is 12.3. The average Bonchev–Trinajstić information content (AvgIpc) is 2.04. The first kappa shape index (κ1) is 9.85. The average molecular weight is 246 g/mol. The van der Waals surface area contributed by atoms with E-state index in [4.69, 9.17) is 0 Å². The van der Waals surface area contributed by atoms with E-state index < -0.39 is 9.66 Å². The molecule has 0 radical (unpaired) electrons. The van der Waals surface area contributed by atoms with Crippen molar-refractivity contribution in [3.05, 3.63) is 44.7 Å². The molecular formula is C8H5BrFNO2. The molecule has 0 aromatic heterocycles. The predicted octanol–water partition coefficient (Wildman–Crippen LogP) is 3.26. The zero-order valence-corrected chi connectivity index (χ0v) is 7.99. The van der Waals surface area contributed by atoms with Crippen LogP contribution < -0.4 is 0 Å². The van der Waals surface area contributed by atoms with E-state index in [1.54, 1.807) is 0 Å². The van der Waals surface area contributed by atoms with Gasteiger partial charge in [-0.25, -0.2) is 0 Å². The van der Waals surface area contributed by atoms with Gasteiger partial charge in [-0.1, -0.05) is 0 Å². The minimum Gasteiger partial charge on any atom is -0.258 e. The van der Waals surface area contributed by atoms with Gasteiger partial charge in [-0.3, -0.25) is 10.1 Å². The van der Waals surface area contributed by atoms with Gasteiger partial charge in [0.2, 0.25) is 0 Å². The summed E-state index contributed by atoms with van der Waals surface area (Å²) in [5.74, 6) is 0. The first-order chi connectivity index (χ1) is 6.09. The van der Waals surface area contributed by atoms with E-state index in [9.17, 15) is 14.5 Å². The molecule has 0 spiro atoms. The molecular weight excluding hydrogens is 241 g/mol. The second-order valence-electron chi connectivity index (χ2n) is 2.28. The molecule has 0 aliphatic rings. The van der Waals surface area contributed by atoms with Gasteiger partial charge in [0.05, 0.1) is 4.92 Å². The van der Waals surface area contributed by atoms with Crippen LogP contribution in [0.2, 0.25) is 0 Å². The van der Waals surface area contributed by atoms with Gasteiger partial charge in [-0.15, -0.1) is 0 Å². The Morgan fingerprint density at radius 2 is 2.00 bits per heavy atom. The van der Waals surface area contributed by atoms with Crippen LogP contribution in [0.1, 0.15) is 5.56 Å². The van der Waals surface area contributed by atoms with Gasteiger partial charge in [0, 0.05) is 12.1 Å². The molecule has 0 atom stereocenters. The van der Waals surface area contributed by atoms with Crippen molar-refractivity contribution < 1.29 is 9.31 Å². The molecule has 0 saturated heterocycles. The number of nitro groups is 1. The minimum absolute atomic E-state index is 0.00729. The Kier molecular flexibility index (Phi) is 3.13. The topological polar surface area (TPSA) is 43.1 Å². The number of non-ortho nitro benzene ring substituents is 1. The van der Waals surface area contributed by atoms with Crippen LogP contribution in [0.3, 0.4) is 0 Å². The highest BCUT2D eigenvalue weighted by Gasteiger charge is 2.02. The van der Waals surface area contributed by atoms with Crippen LogP contribution in [0.15, 0.2) is 29.0 Å². The first-order valence-corrected chi connectivity index (χ1v) is 4.16. The number of nitrogens with zero attached hydrogens (tertiary/aromatic N) is 1. The van der Waals surface area contributed by atoms with Crippen molar-refractivity contribution in [2.45, 2.75) is 0 Å². The molecule has 0 aliphatic carbocycles. The number of rotatable bonds is 2. The molecule has 3 nitrogen and oxygen atoms in total. The summed E-state index contributed by atoms with van der Waals surface area (Å²) >= 11 is 2.62. The maximum Gasteiger partial charge on any atom is 0.269 e. The molecule has 0 saturated carbocycles. The van der Waals surface area contributed by atoms with E-state index >= 15 is 0 Å². The van der Waals surface area contributed by atoms with Crippen LogP contribution in [0, 0.1) is 10.1 Å². The van der Waals surface area contributed by atoms with E-state index in [1.807, 2.05) is 0 Å². The lowest BCUT2D eigenvalue weighted by Crippen LogP contribution is -1.86. The van der Waals surface area contributed by atoms with E-state index in [2.05, 4.69) is 15.9 Å². The SMILES string of the molecule is O=[N+]([O-])c1ccc(/C=C(/F)Br)cc1. The normalized spacial score (nSPS) is 11.4. The lowest BCUT2D eigenvalue weighted by Gasteiger charge is -1.92. The Hall–Kier alpha value is -1.23. The minimum atomic E-state index is -0.513. The zero-order valence-electron chi connectivity index (χ0n) is 6.41. The molecule has 68 valence electrons. The van der Waals surface area contributed by atoms with Crippen molar-refractivity contribution >= 4 is 27.7 Å². The Morgan fingerprint density at radius 1 is 1.46 bits per heavy atom. The highest BCUT2D eigenvalue weighted by atomic mass is 79.9. The molecule has 13 heavy (non-hydrogen) atoms. The van der Waals surface area contributed by atoms with E-state index in [-0.39, 0.29) is 5.69 Å². The number of hydrogen-bond acceptors (Lipinski definition) is 2. The fraction of sp³-hybridized carbons (Fsp3) is 0. The van der Waals surface area contributed by atoms with Crippen molar-refractivity contribution in [2.24, 2.45) is 0 Å². The Bertz CT molecular complexity index is 344. The standard InChI is InChI=1S/C8H5BrFNO2/c9-8(10)5-6-1-3-7(4-2-6)11(12)13/h1-5H/b8-5+. The molecule has 0 heterocycles. The summed E-state index contributed by atoms with van der Waals surface area (Å²) in [6.07, 6.45) is 1.23. The second kappa shape index (κ2) is 4.13. The third-order valence-electron chi connectivity index (χ3n) is 1.38. The monoisotopic (exact) mass is 245 g/mol. The number of nitro benzene ring substituents is 1. The maximum absolute atomic E-state index is 12.3. The summed E-state index contributed by atoms with van der Waals surface area (Å²) in [6, 6.07) is 5.58. The highest BCUT2D eigenvalue weighted by molar-refractivity contribution is 9.11. The van der Waals surface area contributed by atoms with E-state index in [0.29, 0.717) is 5.56 Å². The van der Waals surface area contributed by atoms with Crippen molar-refractivity contribution in [1.29, 1.82) is 0 Å². The first-order valence-electron chi connectivity index (χ1n) is 3.37. The van der Waals surface area contributed by atoms with Crippen LogP contribution in [-0.4, -0.2) is 4.92 Å². The molecule has 1 rings (SSSR count). The summed E-state index contributed by atoms with van der Waals surface area (Å²) in [6.45, 7) is 0. The molecule has 1 aromatic rings. The van der Waals surface area contributed by atoms with Crippen molar-refractivity contribution in [3.8, 4) is 0 Å². The third kappa shape index (κ3) is 2.95. The fourth-order valence-electron chi connectivity index (χ4n) is 0.818. The number of hydrogen-bond donors (Lipinski definition) is 0. The summed E-state index contributed by atoms with van der Waals surface area (Å²) < 4.78 is 11.8. The van der Waals surface area contributed by atoms with E-state index in [1.165, 1.54) is 30.3 Å². The molecule has 0 unspecified atom stereocenters. The predicted molar refractivity (Wildman–Crippen MR) is 51.1 cm³/mol. The second-order valence-corrected chi connectivity index (χ2v) is 3.04. The highest BCUT2D eigenvalue weighted by Crippen LogP contribution is 2.16. The molecule has 0 fully saturated rings. The Labute approximate surface area is 82.2 Å². The quantitative estimate of drug-likeness (QED) is 0.593. The van der Waals surface area contributed by atoms with Gasteiger partial charge in [0.15, 0.2) is 4.74 Å². The van der Waals surface area contributed by atoms with E-state index in [0.717, 1.165) is 0 Å². The fourth-order valence-corrected chi connectivity index (χ4v) is 1.08. The third-order valence-corrected chi connectivity index (χ3v) is 1.61. The molecule has 0 N–H and O–H groups in total. The van der Waals surface area contributed by atoms with Crippen molar-refractivity contribution in [2.75, 3.05) is 0 Å². The van der Waals surface area contributed by atoms with Crippen molar-refractivity contribution in [3.63, 3.8) is 0 Å². The number of benzene rings is 1. The smallest absolute Gasteiger partial charge is 0.258 e. The van der Waals surface area contributed by atoms with Gasteiger partial charge in [0.25, 0.3) is 5.69 Å². The molecule has 0 bridgehead atoms. The van der Waals surface area contributed by atoms with Gasteiger partial charge in [0.1, 0.15) is 0 Å². The van der Waals surface area contributed by atoms with Gasteiger partial charge in [-0.05, 0) is 39.7 Å². The van der Waals surface area contributed by atoms with Gasteiger partial charge >= 0.3 is 0 Å². The van der Waals surface area contributed by atoms with Crippen LogP contribution in [0.25, 0.3) is 6.08 Å². The lowest BCUT2D eigenvalue weighted by atomic mass is 10.2. The van der Waals surface area contributed by atoms with Gasteiger partial charge < -0.3 is 0 Å². The molecule has 1 aromatic carbocycles. The summed E-state index contributed by atoms with van der Waals surface area (Å²) in [5.41, 5.74) is 0.562. The lowest BCUT2D eigenvalue weighted by molar-refractivity contribution is -0.384. The van der Waals surface area contributed by atoms with Crippen molar-refractivity contribution in [1.82, 2.24) is 0 Å². The zero-order chi connectivity index (χ0) is 9.84. The summed E-state index contributed by atoms with van der Waals surface area (Å²) in [7, 11) is 0. The van der Waals surface area contributed by atoms with Crippen LogP contribution in [-0.2, 0) is 0 Å². The summed E-state index contributed by atoms with van der Waals surface area (Å²) in [5, 5.41) is 10.2. The summed E-state index contributed by atoms with van der Waals surface area (Å²) in [4.78, 5) is 9.74. The number of halogens is 2. The van der Waals surface area contributed by atoms with Crippen LogP contribution >= 0.6 is 15.9 Å². The molecule has 0 aliphatic heterocycles. The Morgan fingerprint density at radius 3 is 2.38 bits per heavy atom. The largest absolute Gasteiger partial charge is 0.269 e. The Balaban J connectivity index is 2.94. The molecule has 0 amide bonds. The van der Waals surface area contributed by atoms with Crippen LogP contribution in [0.4, 0.5) is 10.1 Å². The van der Waals surface area contributed by atoms with Gasteiger partial charge in [-0.2, -0.15) is 4.39 Å². The van der Waals surface area contributed by atoms with Crippen LogP contribution in [0.5, 0.6) is 0 Å².